The molecule has 0 N–H and O–H groups in total. The van der Waals surface area contributed by atoms with Crippen molar-refractivity contribution in [1.82, 2.24) is 0 Å². The van der Waals surface area contributed by atoms with Crippen LogP contribution in [-0.2, 0) is 9.53 Å². The number of fused-ring (bicyclic) bond motifs is 3. The van der Waals surface area contributed by atoms with Gasteiger partial charge in [0.2, 0.25) is 0 Å². The van der Waals surface area contributed by atoms with Crippen molar-refractivity contribution < 1.29 is 9.53 Å². The standard InChI is InChI=1S/C19H28O2/c1-17-8-6-14-15(19(17)16(21-19)7-9-17)4-3-12-11-13(20)5-10-18(12,14)2/h12,14-16H,3-11H2,1-2H3/t12-,14+,15-,16-,17-,18+,19+/m1/s1. The summed E-state index contributed by atoms with van der Waals surface area (Å²) in [6.07, 6.45) is 11.5. The molecule has 7 atom stereocenters. The second kappa shape index (κ2) is 3.75. The van der Waals surface area contributed by atoms with Crippen LogP contribution in [0.2, 0.25) is 0 Å². The van der Waals surface area contributed by atoms with Gasteiger partial charge in [0.25, 0.3) is 0 Å². The SMILES string of the molecule is C[C@]12CCC(=O)C[C@H]1CC[C@@H]1[C@@H]2CC[C@]2(C)CC[C@H]3O[C@@]132. The van der Waals surface area contributed by atoms with Crippen molar-refractivity contribution in [2.45, 2.75) is 83.3 Å². The topological polar surface area (TPSA) is 29.6 Å². The van der Waals surface area contributed by atoms with Crippen molar-refractivity contribution in [2.24, 2.45) is 28.6 Å². The van der Waals surface area contributed by atoms with Gasteiger partial charge >= 0.3 is 0 Å². The molecule has 4 aliphatic carbocycles. The average molecular weight is 288 g/mol. The first-order chi connectivity index (χ1) is 10.00. The fourth-order valence-corrected chi connectivity index (χ4v) is 7.45. The van der Waals surface area contributed by atoms with Crippen LogP contribution >= 0.6 is 0 Å². The molecule has 1 saturated heterocycles. The van der Waals surface area contributed by atoms with Crippen LogP contribution in [0.3, 0.4) is 0 Å². The lowest BCUT2D eigenvalue weighted by molar-refractivity contribution is -0.142. The second-order valence-electron chi connectivity index (χ2n) is 9.27. The fourth-order valence-electron chi connectivity index (χ4n) is 7.45. The van der Waals surface area contributed by atoms with E-state index in [1.54, 1.807) is 0 Å². The molecule has 116 valence electrons. The number of carbonyl (C=O) groups is 1. The summed E-state index contributed by atoms with van der Waals surface area (Å²) in [5, 5.41) is 0. The van der Waals surface area contributed by atoms with Crippen molar-refractivity contribution in [3.63, 3.8) is 0 Å². The van der Waals surface area contributed by atoms with Crippen LogP contribution in [0.4, 0.5) is 0 Å². The molecule has 1 spiro atoms. The number of ether oxygens (including phenoxy) is 1. The van der Waals surface area contributed by atoms with E-state index in [0.29, 0.717) is 28.6 Å². The molecule has 0 aromatic rings. The van der Waals surface area contributed by atoms with Crippen LogP contribution in [0.5, 0.6) is 0 Å². The van der Waals surface area contributed by atoms with Gasteiger partial charge in [-0.15, -0.1) is 0 Å². The van der Waals surface area contributed by atoms with E-state index in [9.17, 15) is 4.79 Å². The Labute approximate surface area is 128 Å². The molecule has 1 heterocycles. The number of hydrogen-bond acceptors (Lipinski definition) is 2. The zero-order valence-electron chi connectivity index (χ0n) is 13.5. The van der Waals surface area contributed by atoms with Crippen LogP contribution in [0.25, 0.3) is 0 Å². The maximum atomic E-state index is 11.9. The van der Waals surface area contributed by atoms with Gasteiger partial charge in [-0.2, -0.15) is 0 Å². The first-order valence-corrected chi connectivity index (χ1v) is 9.19. The van der Waals surface area contributed by atoms with Gasteiger partial charge in [-0.25, -0.2) is 0 Å². The maximum Gasteiger partial charge on any atom is 0.133 e. The Morgan fingerprint density at radius 3 is 2.62 bits per heavy atom. The smallest absolute Gasteiger partial charge is 0.133 e. The van der Waals surface area contributed by atoms with E-state index in [0.717, 1.165) is 31.1 Å². The molecule has 2 nitrogen and oxygen atoms in total. The molecular weight excluding hydrogens is 260 g/mol. The Morgan fingerprint density at radius 2 is 1.81 bits per heavy atom. The van der Waals surface area contributed by atoms with Crippen LogP contribution in [0.1, 0.15) is 71.6 Å². The zero-order valence-corrected chi connectivity index (χ0v) is 13.5. The van der Waals surface area contributed by atoms with Gasteiger partial charge < -0.3 is 4.74 Å². The predicted molar refractivity (Wildman–Crippen MR) is 80.8 cm³/mol. The number of ketones is 1. The van der Waals surface area contributed by atoms with E-state index in [-0.39, 0.29) is 5.60 Å². The molecule has 0 radical (unpaired) electrons. The monoisotopic (exact) mass is 288 g/mol. The van der Waals surface area contributed by atoms with E-state index < -0.39 is 0 Å². The molecule has 0 bridgehead atoms. The van der Waals surface area contributed by atoms with Crippen LogP contribution in [0, 0.1) is 28.6 Å². The lowest BCUT2D eigenvalue weighted by Gasteiger charge is -2.59. The van der Waals surface area contributed by atoms with Gasteiger partial charge in [-0.05, 0) is 73.5 Å². The molecular formula is C19H28O2. The molecule has 1 aliphatic heterocycles. The van der Waals surface area contributed by atoms with E-state index in [4.69, 9.17) is 4.74 Å². The number of hydrogen-bond donors (Lipinski definition) is 0. The Bertz CT molecular complexity index is 514. The van der Waals surface area contributed by atoms with E-state index >= 15 is 0 Å². The van der Waals surface area contributed by atoms with Gasteiger partial charge in [-0.3, -0.25) is 4.79 Å². The number of epoxide rings is 1. The molecule has 5 aliphatic rings. The number of Topliss-reactive ketones (excluding diaryl/α,β-unsaturated/α-hetero) is 1. The first kappa shape index (κ1) is 13.1. The Balaban J connectivity index is 1.52. The molecule has 0 unspecified atom stereocenters. The molecule has 2 heteroatoms. The minimum Gasteiger partial charge on any atom is -0.365 e. The number of carbonyl (C=O) groups excluding carboxylic acids is 1. The van der Waals surface area contributed by atoms with Gasteiger partial charge in [0.15, 0.2) is 0 Å². The molecule has 5 fully saturated rings. The third-order valence-electron chi connectivity index (χ3n) is 8.73. The minimum absolute atomic E-state index is 0.255. The summed E-state index contributed by atoms with van der Waals surface area (Å²) in [7, 11) is 0. The summed E-state index contributed by atoms with van der Waals surface area (Å²) in [6, 6.07) is 0. The average Bonchev–Trinajstić information content (AvgIpc) is 3.11. The Morgan fingerprint density at radius 1 is 1.00 bits per heavy atom. The molecule has 0 aromatic heterocycles. The summed E-state index contributed by atoms with van der Waals surface area (Å²) in [6.45, 7) is 5.03. The predicted octanol–water partition coefficient (Wildman–Crippen LogP) is 4.12. The van der Waals surface area contributed by atoms with Gasteiger partial charge in [0.1, 0.15) is 11.4 Å². The van der Waals surface area contributed by atoms with E-state index in [2.05, 4.69) is 13.8 Å². The van der Waals surface area contributed by atoms with Crippen molar-refractivity contribution in [3.05, 3.63) is 0 Å². The van der Waals surface area contributed by atoms with Crippen LogP contribution < -0.4 is 0 Å². The quantitative estimate of drug-likeness (QED) is 0.628. The molecule has 0 amide bonds. The van der Waals surface area contributed by atoms with Crippen molar-refractivity contribution in [1.29, 1.82) is 0 Å². The van der Waals surface area contributed by atoms with Gasteiger partial charge in [0, 0.05) is 12.8 Å². The highest BCUT2D eigenvalue weighted by atomic mass is 16.6. The van der Waals surface area contributed by atoms with Crippen LogP contribution in [0.15, 0.2) is 0 Å². The van der Waals surface area contributed by atoms with Crippen molar-refractivity contribution in [2.75, 3.05) is 0 Å². The van der Waals surface area contributed by atoms with E-state index in [1.807, 2.05) is 0 Å². The Hall–Kier alpha value is -0.370. The second-order valence-corrected chi connectivity index (χ2v) is 9.27. The van der Waals surface area contributed by atoms with Crippen LogP contribution in [-0.4, -0.2) is 17.5 Å². The minimum atomic E-state index is 0.255. The lowest BCUT2D eigenvalue weighted by Crippen LogP contribution is -2.57. The third kappa shape index (κ3) is 1.37. The maximum absolute atomic E-state index is 11.9. The van der Waals surface area contributed by atoms with Gasteiger partial charge in [0.05, 0.1) is 6.10 Å². The summed E-state index contributed by atoms with van der Waals surface area (Å²) >= 11 is 0. The normalized spacial score (nSPS) is 61.5. The summed E-state index contributed by atoms with van der Waals surface area (Å²) in [5.74, 6) is 2.80. The van der Waals surface area contributed by atoms with E-state index in [1.165, 1.54) is 38.5 Å². The van der Waals surface area contributed by atoms with Gasteiger partial charge in [-0.1, -0.05) is 13.8 Å². The van der Waals surface area contributed by atoms with Crippen molar-refractivity contribution >= 4 is 5.78 Å². The summed E-state index contributed by atoms with van der Waals surface area (Å²) in [5.41, 5.74) is 1.14. The zero-order chi connectivity index (χ0) is 14.5. The highest BCUT2D eigenvalue weighted by Gasteiger charge is 2.77. The molecule has 0 aromatic carbocycles. The number of rotatable bonds is 0. The first-order valence-electron chi connectivity index (χ1n) is 9.19. The molecule has 4 saturated carbocycles. The lowest BCUT2D eigenvalue weighted by atomic mass is 9.45. The summed E-state index contributed by atoms with van der Waals surface area (Å²) in [4.78, 5) is 11.9. The summed E-state index contributed by atoms with van der Waals surface area (Å²) < 4.78 is 6.40. The molecule has 5 rings (SSSR count). The molecule has 21 heavy (non-hydrogen) atoms. The fraction of sp³-hybridized carbons (Fsp3) is 0.947. The van der Waals surface area contributed by atoms with Crippen molar-refractivity contribution in [3.8, 4) is 0 Å². The highest BCUT2D eigenvalue weighted by molar-refractivity contribution is 5.79. The third-order valence-corrected chi connectivity index (χ3v) is 8.73. The largest absolute Gasteiger partial charge is 0.365 e. The highest BCUT2D eigenvalue weighted by Crippen LogP contribution is 2.74. The Kier molecular flexibility index (Phi) is 2.34.